The van der Waals surface area contributed by atoms with Crippen LogP contribution >= 0.6 is 0 Å². The highest BCUT2D eigenvalue weighted by Crippen LogP contribution is 2.16. The van der Waals surface area contributed by atoms with Crippen LogP contribution in [0.1, 0.15) is 28.4 Å². The van der Waals surface area contributed by atoms with E-state index in [2.05, 4.69) is 20.4 Å². The van der Waals surface area contributed by atoms with E-state index in [1.807, 2.05) is 19.9 Å². The number of aromatic nitrogens is 4. The van der Waals surface area contributed by atoms with Crippen molar-refractivity contribution in [2.75, 3.05) is 13.6 Å². The molecule has 0 spiro atoms. The van der Waals surface area contributed by atoms with Gasteiger partial charge in [-0.3, -0.25) is 14.5 Å². The Labute approximate surface area is 132 Å². The lowest BCUT2D eigenvalue weighted by Gasteiger charge is -2.13. The van der Waals surface area contributed by atoms with Gasteiger partial charge in [0, 0.05) is 24.0 Å². The average molecular weight is 318 g/mol. The Hall–Kier alpha value is -2.55. The first kappa shape index (κ1) is 15.3. The van der Waals surface area contributed by atoms with Crippen molar-refractivity contribution in [3.63, 3.8) is 0 Å². The Kier molecular flexibility index (Phi) is 3.72. The van der Waals surface area contributed by atoms with Gasteiger partial charge in [-0.05, 0) is 33.4 Å². The summed E-state index contributed by atoms with van der Waals surface area (Å²) in [7, 11) is 1.73. The largest absolute Gasteiger partial charge is 0.480 e. The highest BCUT2D eigenvalue weighted by Gasteiger charge is 2.35. The smallest absolute Gasteiger partial charge is 0.320 e. The molecule has 0 bridgehead atoms. The summed E-state index contributed by atoms with van der Waals surface area (Å²) in [5, 5.41) is 16.1. The van der Waals surface area contributed by atoms with Gasteiger partial charge in [-0.15, -0.1) is 5.10 Å². The van der Waals surface area contributed by atoms with Crippen LogP contribution in [0.4, 0.5) is 0 Å². The zero-order valence-corrected chi connectivity index (χ0v) is 13.1. The Morgan fingerprint density at radius 2 is 2.09 bits per heavy atom. The third-order valence-corrected chi connectivity index (χ3v) is 3.99. The van der Waals surface area contributed by atoms with Crippen LogP contribution in [0.2, 0.25) is 0 Å². The molecule has 0 aliphatic carbocycles. The number of carboxylic acid groups (broad SMARTS) is 1. The van der Waals surface area contributed by atoms with Crippen molar-refractivity contribution in [1.82, 2.24) is 29.8 Å². The number of nitrogens with one attached hydrogen (secondary N) is 1. The fraction of sp³-hybridized carbons (Fsp3) is 0.500. The lowest BCUT2D eigenvalue weighted by atomic mass is 10.2. The summed E-state index contributed by atoms with van der Waals surface area (Å²) in [6.45, 7) is 4.19. The van der Waals surface area contributed by atoms with E-state index in [4.69, 9.17) is 5.11 Å². The van der Waals surface area contributed by atoms with Crippen LogP contribution in [-0.2, 0) is 4.79 Å². The highest BCUT2D eigenvalue weighted by molar-refractivity contribution is 5.91. The van der Waals surface area contributed by atoms with Crippen LogP contribution in [0.3, 0.4) is 0 Å². The number of carbonyl (C=O) groups excluding carboxylic acids is 1. The molecular formula is C14H18N6O3. The Morgan fingerprint density at radius 1 is 1.35 bits per heavy atom. The molecule has 23 heavy (non-hydrogen) atoms. The summed E-state index contributed by atoms with van der Waals surface area (Å²) in [6, 6.07) is 1.03. The van der Waals surface area contributed by atoms with Crippen LogP contribution in [0.5, 0.6) is 0 Å². The molecule has 0 saturated carbocycles. The molecule has 3 rings (SSSR count). The standard InChI is InChI=1S/C14H18N6O3/c1-7-4-8(2)20-14(15-7)17-11(18-20)12(21)16-9-5-10(13(22)23)19(3)6-9/h4,9-10H,5-6H2,1-3H3,(H,16,21)(H,22,23)/t9-,10+/m1/s1. The van der Waals surface area contributed by atoms with Crippen molar-refractivity contribution in [3.05, 3.63) is 23.3 Å². The second-order valence-electron chi connectivity index (χ2n) is 5.89. The van der Waals surface area contributed by atoms with Crippen LogP contribution in [-0.4, -0.2) is 67.1 Å². The summed E-state index contributed by atoms with van der Waals surface area (Å²) >= 11 is 0. The zero-order valence-electron chi connectivity index (χ0n) is 13.1. The number of likely N-dealkylation sites (tertiary alicyclic amines) is 1. The lowest BCUT2D eigenvalue weighted by molar-refractivity contribution is -0.141. The number of amides is 1. The van der Waals surface area contributed by atoms with Gasteiger partial charge in [0.2, 0.25) is 5.82 Å². The molecule has 1 fully saturated rings. The maximum absolute atomic E-state index is 12.3. The molecule has 1 aliphatic heterocycles. The first-order chi connectivity index (χ1) is 10.8. The molecule has 2 atom stereocenters. The van der Waals surface area contributed by atoms with Gasteiger partial charge in [-0.1, -0.05) is 0 Å². The van der Waals surface area contributed by atoms with Gasteiger partial charge in [-0.25, -0.2) is 9.50 Å². The summed E-state index contributed by atoms with van der Waals surface area (Å²) < 4.78 is 1.52. The molecule has 0 aromatic carbocycles. The number of carboxylic acids is 1. The van der Waals surface area contributed by atoms with Gasteiger partial charge in [0.1, 0.15) is 6.04 Å². The molecule has 122 valence electrons. The molecule has 0 radical (unpaired) electrons. The van der Waals surface area contributed by atoms with E-state index in [9.17, 15) is 9.59 Å². The van der Waals surface area contributed by atoms with E-state index in [0.29, 0.717) is 18.7 Å². The van der Waals surface area contributed by atoms with Crippen LogP contribution < -0.4 is 5.32 Å². The summed E-state index contributed by atoms with van der Waals surface area (Å²) in [4.78, 5) is 33.5. The van der Waals surface area contributed by atoms with Gasteiger partial charge in [0.25, 0.3) is 11.7 Å². The van der Waals surface area contributed by atoms with Gasteiger partial charge in [0.05, 0.1) is 0 Å². The highest BCUT2D eigenvalue weighted by atomic mass is 16.4. The number of aliphatic carboxylic acids is 1. The monoisotopic (exact) mass is 318 g/mol. The number of nitrogens with zero attached hydrogens (tertiary/aromatic N) is 5. The molecule has 1 aliphatic rings. The zero-order chi connectivity index (χ0) is 16.7. The van der Waals surface area contributed by atoms with Crippen molar-refractivity contribution < 1.29 is 14.7 Å². The average Bonchev–Trinajstić information content (AvgIpc) is 3.02. The number of hydrogen-bond acceptors (Lipinski definition) is 6. The Morgan fingerprint density at radius 3 is 2.74 bits per heavy atom. The Balaban J connectivity index is 1.77. The number of carbonyl (C=O) groups is 2. The first-order valence-electron chi connectivity index (χ1n) is 7.30. The van der Waals surface area contributed by atoms with E-state index in [1.165, 1.54) is 4.52 Å². The maximum Gasteiger partial charge on any atom is 0.320 e. The third-order valence-electron chi connectivity index (χ3n) is 3.99. The fourth-order valence-corrected chi connectivity index (χ4v) is 2.91. The molecule has 3 heterocycles. The summed E-state index contributed by atoms with van der Waals surface area (Å²) in [5.74, 6) is -0.894. The molecule has 2 N–H and O–H groups in total. The van der Waals surface area contributed by atoms with E-state index in [1.54, 1.807) is 11.9 Å². The van der Waals surface area contributed by atoms with E-state index in [0.717, 1.165) is 11.4 Å². The minimum Gasteiger partial charge on any atom is -0.480 e. The third kappa shape index (κ3) is 2.87. The van der Waals surface area contributed by atoms with E-state index < -0.39 is 17.9 Å². The van der Waals surface area contributed by atoms with Crippen molar-refractivity contribution in [3.8, 4) is 0 Å². The van der Waals surface area contributed by atoms with E-state index in [-0.39, 0.29) is 11.9 Å². The first-order valence-corrected chi connectivity index (χ1v) is 7.30. The second-order valence-corrected chi connectivity index (χ2v) is 5.89. The fourth-order valence-electron chi connectivity index (χ4n) is 2.91. The number of hydrogen-bond donors (Lipinski definition) is 2. The Bertz CT molecular complexity index is 786. The lowest BCUT2D eigenvalue weighted by Crippen LogP contribution is -2.37. The number of fused-ring (bicyclic) bond motifs is 1. The van der Waals surface area contributed by atoms with Crippen molar-refractivity contribution in [2.45, 2.75) is 32.4 Å². The predicted molar refractivity (Wildman–Crippen MR) is 80.2 cm³/mol. The predicted octanol–water partition coefficient (Wildman–Crippen LogP) is -0.372. The molecule has 9 nitrogen and oxygen atoms in total. The van der Waals surface area contributed by atoms with Gasteiger partial charge in [0.15, 0.2) is 0 Å². The number of aryl methyl sites for hydroxylation is 2. The maximum atomic E-state index is 12.3. The quantitative estimate of drug-likeness (QED) is 0.793. The van der Waals surface area contributed by atoms with Gasteiger partial charge < -0.3 is 10.4 Å². The van der Waals surface area contributed by atoms with Crippen LogP contribution in [0.15, 0.2) is 6.07 Å². The number of rotatable bonds is 3. The SMILES string of the molecule is Cc1cc(C)n2nc(C(=O)N[C@@H]3C[C@@H](C(=O)O)N(C)C3)nc2n1. The molecule has 1 amide bonds. The van der Waals surface area contributed by atoms with Crippen molar-refractivity contribution in [2.24, 2.45) is 0 Å². The van der Waals surface area contributed by atoms with Crippen LogP contribution in [0, 0.1) is 13.8 Å². The molecule has 2 aromatic rings. The normalized spacial score (nSPS) is 21.7. The van der Waals surface area contributed by atoms with Gasteiger partial charge >= 0.3 is 5.97 Å². The van der Waals surface area contributed by atoms with Crippen molar-refractivity contribution in [1.29, 1.82) is 0 Å². The van der Waals surface area contributed by atoms with Crippen LogP contribution in [0.25, 0.3) is 5.78 Å². The minimum absolute atomic E-state index is 0.0348. The molecular weight excluding hydrogens is 300 g/mol. The topological polar surface area (TPSA) is 113 Å². The summed E-state index contributed by atoms with van der Waals surface area (Å²) in [6.07, 6.45) is 0.362. The summed E-state index contributed by atoms with van der Waals surface area (Å²) in [5.41, 5.74) is 1.64. The minimum atomic E-state index is -0.884. The molecule has 0 unspecified atom stereocenters. The molecule has 1 saturated heterocycles. The van der Waals surface area contributed by atoms with E-state index >= 15 is 0 Å². The second kappa shape index (κ2) is 5.58. The molecule has 2 aromatic heterocycles. The number of likely N-dealkylation sites (N-methyl/N-ethyl adjacent to an activating group) is 1. The van der Waals surface area contributed by atoms with Gasteiger partial charge in [-0.2, -0.15) is 4.98 Å². The molecule has 9 heteroatoms. The van der Waals surface area contributed by atoms with Crippen molar-refractivity contribution >= 4 is 17.7 Å².